The minimum absolute atomic E-state index is 0.297. The van der Waals surface area contributed by atoms with Crippen molar-refractivity contribution in [2.45, 2.75) is 26.3 Å². The summed E-state index contributed by atoms with van der Waals surface area (Å²) in [5, 5.41) is 0. The van der Waals surface area contributed by atoms with E-state index in [-0.39, 0.29) is 11.2 Å². The van der Waals surface area contributed by atoms with Crippen LogP contribution in [0, 0.1) is 0 Å². The van der Waals surface area contributed by atoms with Crippen LogP contribution < -0.4 is 11.2 Å². The zero-order chi connectivity index (χ0) is 16.6. The van der Waals surface area contributed by atoms with Gasteiger partial charge in [-0.25, -0.2) is 9.78 Å². The lowest BCUT2D eigenvalue weighted by Gasteiger charge is -2.09. The largest absolute Gasteiger partial charge is 0.332 e. The Bertz CT molecular complexity index is 964. The molecule has 3 aromatic rings. The Morgan fingerprint density at radius 3 is 2.39 bits per heavy atom. The van der Waals surface area contributed by atoms with E-state index in [1.165, 1.54) is 11.6 Å². The Balaban J connectivity index is 2.32. The van der Waals surface area contributed by atoms with Crippen LogP contribution in [0.1, 0.15) is 24.7 Å². The van der Waals surface area contributed by atoms with Gasteiger partial charge in [-0.1, -0.05) is 37.3 Å². The molecule has 0 aliphatic heterocycles. The molecule has 0 amide bonds. The lowest BCUT2D eigenvalue weighted by molar-refractivity contribution is 0.696. The zero-order valence-corrected chi connectivity index (χ0v) is 13.6. The van der Waals surface area contributed by atoms with Crippen molar-refractivity contribution in [3.05, 3.63) is 62.6 Å². The van der Waals surface area contributed by atoms with E-state index in [1.54, 1.807) is 7.05 Å². The molecule has 0 unspecified atom stereocenters. The molecule has 2 aromatic heterocycles. The number of hydrogen-bond acceptors (Lipinski definition) is 3. The topological polar surface area (TPSA) is 61.8 Å². The van der Waals surface area contributed by atoms with Gasteiger partial charge >= 0.3 is 5.69 Å². The summed E-state index contributed by atoms with van der Waals surface area (Å²) in [4.78, 5) is 29.3. The first kappa shape index (κ1) is 15.3. The SMILES string of the molecule is CCCc1nc2c(c(=O)n(C)c(=O)n2C)n1Cc1ccccc1. The Morgan fingerprint density at radius 2 is 1.74 bits per heavy atom. The standard InChI is InChI=1S/C17H20N4O2/c1-4-8-13-18-15-14(16(22)20(3)17(23)19(15)2)21(13)11-12-9-6-5-7-10-12/h5-7,9-10H,4,8,11H2,1-3H3. The Labute approximate surface area is 133 Å². The minimum atomic E-state index is -0.352. The second kappa shape index (κ2) is 5.87. The third-order valence-corrected chi connectivity index (χ3v) is 4.08. The predicted molar refractivity (Wildman–Crippen MR) is 89.8 cm³/mol. The maximum atomic E-state index is 12.6. The molecule has 6 nitrogen and oxygen atoms in total. The molecule has 0 radical (unpaired) electrons. The van der Waals surface area contributed by atoms with E-state index < -0.39 is 0 Å². The van der Waals surface area contributed by atoms with E-state index >= 15 is 0 Å². The molecular formula is C17H20N4O2. The molecular weight excluding hydrogens is 292 g/mol. The molecule has 0 bridgehead atoms. The summed E-state index contributed by atoms with van der Waals surface area (Å²) >= 11 is 0. The molecule has 6 heteroatoms. The fourth-order valence-electron chi connectivity index (χ4n) is 2.84. The quantitative estimate of drug-likeness (QED) is 0.732. The van der Waals surface area contributed by atoms with E-state index in [9.17, 15) is 9.59 Å². The van der Waals surface area contributed by atoms with Gasteiger partial charge in [0, 0.05) is 27.1 Å². The summed E-state index contributed by atoms with van der Waals surface area (Å²) < 4.78 is 4.52. The number of hydrogen-bond donors (Lipinski definition) is 0. The summed E-state index contributed by atoms with van der Waals surface area (Å²) in [6.07, 6.45) is 1.69. The highest BCUT2D eigenvalue weighted by Gasteiger charge is 2.18. The molecule has 0 aliphatic rings. The van der Waals surface area contributed by atoms with Crippen molar-refractivity contribution in [3.63, 3.8) is 0 Å². The molecule has 120 valence electrons. The van der Waals surface area contributed by atoms with Crippen molar-refractivity contribution in [3.8, 4) is 0 Å². The molecule has 0 aliphatic carbocycles. The van der Waals surface area contributed by atoms with E-state index in [0.717, 1.165) is 28.8 Å². The summed E-state index contributed by atoms with van der Waals surface area (Å²) in [5.41, 5.74) is 1.39. The minimum Gasteiger partial charge on any atom is -0.318 e. The van der Waals surface area contributed by atoms with Crippen molar-refractivity contribution < 1.29 is 0 Å². The second-order valence-electron chi connectivity index (χ2n) is 5.73. The first-order valence-corrected chi connectivity index (χ1v) is 7.73. The Morgan fingerprint density at radius 1 is 1.04 bits per heavy atom. The van der Waals surface area contributed by atoms with Gasteiger partial charge in [0.2, 0.25) is 0 Å². The molecule has 0 fully saturated rings. The molecule has 0 spiro atoms. The molecule has 0 atom stereocenters. The van der Waals surface area contributed by atoms with Crippen molar-refractivity contribution in [1.82, 2.24) is 18.7 Å². The first-order chi connectivity index (χ1) is 11.0. The number of fused-ring (bicyclic) bond motifs is 1. The first-order valence-electron chi connectivity index (χ1n) is 7.73. The predicted octanol–water partition coefficient (Wildman–Crippen LogP) is 1.43. The number of aryl methyl sites for hydroxylation is 2. The van der Waals surface area contributed by atoms with Crippen molar-refractivity contribution in [2.75, 3.05) is 0 Å². The maximum absolute atomic E-state index is 12.6. The van der Waals surface area contributed by atoms with E-state index in [0.29, 0.717) is 17.7 Å². The van der Waals surface area contributed by atoms with Crippen LogP contribution in [-0.2, 0) is 27.1 Å². The van der Waals surface area contributed by atoms with Crippen LogP contribution in [-0.4, -0.2) is 18.7 Å². The number of nitrogens with zero attached hydrogens (tertiary/aromatic N) is 4. The van der Waals surface area contributed by atoms with Gasteiger partial charge < -0.3 is 4.57 Å². The van der Waals surface area contributed by atoms with Gasteiger partial charge in [0.15, 0.2) is 11.2 Å². The van der Waals surface area contributed by atoms with Crippen LogP contribution in [0.15, 0.2) is 39.9 Å². The normalized spacial score (nSPS) is 11.3. The Hall–Kier alpha value is -2.63. The molecule has 3 rings (SSSR count). The average molecular weight is 312 g/mol. The van der Waals surface area contributed by atoms with E-state index in [1.807, 2.05) is 34.9 Å². The number of aromatic nitrogens is 4. The monoisotopic (exact) mass is 312 g/mol. The molecule has 2 heterocycles. The summed E-state index contributed by atoms with van der Waals surface area (Å²) in [6.45, 7) is 2.64. The third kappa shape index (κ3) is 2.50. The van der Waals surface area contributed by atoms with Crippen molar-refractivity contribution >= 4 is 11.2 Å². The molecule has 1 aromatic carbocycles. The molecule has 0 N–H and O–H groups in total. The molecule has 0 saturated carbocycles. The van der Waals surface area contributed by atoms with Crippen molar-refractivity contribution in [2.24, 2.45) is 14.1 Å². The highest BCUT2D eigenvalue weighted by Crippen LogP contribution is 2.15. The highest BCUT2D eigenvalue weighted by atomic mass is 16.2. The fourth-order valence-corrected chi connectivity index (χ4v) is 2.84. The van der Waals surface area contributed by atoms with Gasteiger partial charge in [-0.3, -0.25) is 13.9 Å². The maximum Gasteiger partial charge on any atom is 0.332 e. The van der Waals surface area contributed by atoms with Crippen LogP contribution in [0.5, 0.6) is 0 Å². The van der Waals surface area contributed by atoms with E-state index in [2.05, 4.69) is 11.9 Å². The van der Waals surface area contributed by atoms with Gasteiger partial charge in [0.1, 0.15) is 5.82 Å². The van der Waals surface area contributed by atoms with Crippen LogP contribution >= 0.6 is 0 Å². The smallest absolute Gasteiger partial charge is 0.318 e. The third-order valence-electron chi connectivity index (χ3n) is 4.08. The number of imidazole rings is 1. The lowest BCUT2D eigenvalue weighted by atomic mass is 10.2. The molecule has 23 heavy (non-hydrogen) atoms. The van der Waals surface area contributed by atoms with Gasteiger partial charge in [-0.15, -0.1) is 0 Å². The summed E-state index contributed by atoms with van der Waals surface area (Å²) in [7, 11) is 3.16. The molecule has 0 saturated heterocycles. The summed E-state index contributed by atoms with van der Waals surface area (Å²) in [6, 6.07) is 9.96. The van der Waals surface area contributed by atoms with Crippen LogP contribution in [0.3, 0.4) is 0 Å². The van der Waals surface area contributed by atoms with Crippen LogP contribution in [0.4, 0.5) is 0 Å². The number of benzene rings is 1. The zero-order valence-electron chi connectivity index (χ0n) is 13.6. The Kier molecular flexibility index (Phi) is 3.90. The lowest BCUT2D eigenvalue weighted by Crippen LogP contribution is -2.37. The van der Waals surface area contributed by atoms with E-state index in [4.69, 9.17) is 0 Å². The average Bonchev–Trinajstić information content (AvgIpc) is 2.91. The van der Waals surface area contributed by atoms with Gasteiger partial charge in [-0.05, 0) is 12.0 Å². The van der Waals surface area contributed by atoms with Gasteiger partial charge in [0.05, 0.1) is 0 Å². The van der Waals surface area contributed by atoms with Gasteiger partial charge in [0.25, 0.3) is 5.56 Å². The van der Waals surface area contributed by atoms with Crippen molar-refractivity contribution in [1.29, 1.82) is 0 Å². The summed E-state index contributed by atoms with van der Waals surface area (Å²) in [5.74, 6) is 0.838. The fraction of sp³-hybridized carbons (Fsp3) is 0.353. The second-order valence-corrected chi connectivity index (χ2v) is 5.73. The van der Waals surface area contributed by atoms with Crippen LogP contribution in [0.25, 0.3) is 11.2 Å². The van der Waals surface area contributed by atoms with Crippen LogP contribution in [0.2, 0.25) is 0 Å². The number of rotatable bonds is 4. The highest BCUT2D eigenvalue weighted by molar-refractivity contribution is 5.71. The van der Waals surface area contributed by atoms with Gasteiger partial charge in [-0.2, -0.15) is 0 Å².